The van der Waals surface area contributed by atoms with Crippen molar-refractivity contribution in [3.63, 3.8) is 0 Å². The molecule has 0 spiro atoms. The quantitative estimate of drug-likeness (QED) is 0.0336. The molecule has 0 radical (unpaired) electrons. The van der Waals surface area contributed by atoms with Gasteiger partial charge < -0.3 is 24.4 Å². The molecule has 0 rings (SSSR count). The van der Waals surface area contributed by atoms with E-state index in [1.807, 2.05) is 0 Å². The van der Waals surface area contributed by atoms with Gasteiger partial charge in [-0.1, -0.05) is 90.4 Å². The monoisotopic (exact) mass is 690 g/mol. The molecule has 0 aromatic rings. The Morgan fingerprint density at radius 1 is 0.660 bits per heavy atom. The highest BCUT2D eigenvalue weighted by Crippen LogP contribution is 2.13. The van der Waals surface area contributed by atoms with Crippen LogP contribution in [-0.4, -0.2) is 87.4 Å². The Bertz CT molecular complexity index is 912. The maximum atomic E-state index is 12.5. The maximum Gasteiger partial charge on any atom is 0.328 e. The lowest BCUT2D eigenvalue weighted by atomic mass is 10.1. The predicted octanol–water partition coefficient (Wildman–Crippen LogP) is 6.76. The summed E-state index contributed by atoms with van der Waals surface area (Å²) in [6, 6.07) is -0.650. The molecule has 0 bridgehead atoms. The van der Waals surface area contributed by atoms with Crippen LogP contribution in [0.15, 0.2) is 0 Å². The zero-order valence-corrected chi connectivity index (χ0v) is 31.4. The van der Waals surface area contributed by atoms with E-state index < -0.39 is 22.1 Å². The average Bonchev–Trinajstić information content (AvgIpc) is 2.99. The first-order chi connectivity index (χ1) is 22.4. The molecule has 2 N–H and O–H groups in total. The zero-order chi connectivity index (χ0) is 35.2. The average molecular weight is 690 g/mol. The summed E-state index contributed by atoms with van der Waals surface area (Å²) in [5.74, 6) is -0.711. The molecule has 0 aliphatic rings. The standard InChI is InChI=1S/C36H71N3O7S/c1-5-7-8-9-10-11-14-17-20-27-34(40)37-29-23-22-26-33(36(42)46-6-2)38-35(41)28-21-18-15-12-13-16-19-24-30-39(3,4)31-25-32-47(43,44)45/h33H,5-32H2,1-4H3,(H2-,37,38,40,41,43,44,45). The Balaban J connectivity index is 3.95. The molecular formula is C36H71N3O7S. The van der Waals surface area contributed by atoms with Crippen LogP contribution in [0, 0.1) is 0 Å². The van der Waals surface area contributed by atoms with E-state index in [2.05, 4.69) is 31.7 Å². The maximum absolute atomic E-state index is 12.5. The summed E-state index contributed by atoms with van der Waals surface area (Å²) in [7, 11) is 0.0172. The van der Waals surface area contributed by atoms with Gasteiger partial charge in [0.25, 0.3) is 0 Å². The van der Waals surface area contributed by atoms with E-state index >= 15 is 0 Å². The first-order valence-corrected chi connectivity index (χ1v) is 20.5. The van der Waals surface area contributed by atoms with Crippen molar-refractivity contribution in [3.05, 3.63) is 0 Å². The summed E-state index contributed by atoms with van der Waals surface area (Å²) in [6.07, 6.45) is 22.9. The van der Waals surface area contributed by atoms with E-state index in [0.717, 1.165) is 81.7 Å². The molecular weight excluding hydrogens is 618 g/mol. The lowest BCUT2D eigenvalue weighted by Crippen LogP contribution is -2.41. The van der Waals surface area contributed by atoms with Gasteiger partial charge >= 0.3 is 5.97 Å². The molecule has 11 heteroatoms. The number of quaternary nitrogens is 1. The van der Waals surface area contributed by atoms with Crippen LogP contribution in [0.1, 0.15) is 162 Å². The molecule has 47 heavy (non-hydrogen) atoms. The van der Waals surface area contributed by atoms with Gasteiger partial charge in [-0.3, -0.25) is 9.59 Å². The van der Waals surface area contributed by atoms with E-state index in [9.17, 15) is 27.4 Å². The van der Waals surface area contributed by atoms with Gasteiger partial charge in [-0.25, -0.2) is 13.2 Å². The van der Waals surface area contributed by atoms with Crippen molar-refractivity contribution in [2.75, 3.05) is 46.1 Å². The second-order valence-electron chi connectivity index (χ2n) is 13.9. The molecule has 2 amide bonds. The third kappa shape index (κ3) is 31.3. The number of amides is 2. The SMILES string of the molecule is CCCCCCCCCCCC(=O)NCCCCC(NC(=O)CCCCCCCCCC[N+](C)(C)CCCS(=O)(=O)[O-])C(=O)OCC. The lowest BCUT2D eigenvalue weighted by Gasteiger charge is -2.30. The highest BCUT2D eigenvalue weighted by molar-refractivity contribution is 7.85. The number of hydrogen-bond acceptors (Lipinski definition) is 7. The smallest absolute Gasteiger partial charge is 0.328 e. The first-order valence-electron chi connectivity index (χ1n) is 18.9. The fraction of sp³-hybridized carbons (Fsp3) is 0.917. The molecule has 0 saturated heterocycles. The summed E-state index contributed by atoms with van der Waals surface area (Å²) in [4.78, 5) is 37.1. The second-order valence-corrected chi connectivity index (χ2v) is 15.4. The lowest BCUT2D eigenvalue weighted by molar-refractivity contribution is -0.890. The molecule has 10 nitrogen and oxygen atoms in total. The number of ether oxygens (including phenoxy) is 1. The van der Waals surface area contributed by atoms with E-state index in [-0.39, 0.29) is 24.2 Å². The van der Waals surface area contributed by atoms with Crippen molar-refractivity contribution >= 4 is 27.9 Å². The van der Waals surface area contributed by atoms with Gasteiger partial charge in [0.2, 0.25) is 11.8 Å². The first kappa shape index (κ1) is 45.3. The van der Waals surface area contributed by atoms with Gasteiger partial charge in [-0.05, 0) is 51.9 Å². The van der Waals surface area contributed by atoms with E-state index in [4.69, 9.17) is 4.74 Å². The van der Waals surface area contributed by atoms with Crippen molar-refractivity contribution < 1.29 is 36.6 Å². The van der Waals surface area contributed by atoms with Gasteiger partial charge in [0.15, 0.2) is 0 Å². The largest absolute Gasteiger partial charge is 0.748 e. The second kappa shape index (κ2) is 29.2. The minimum absolute atomic E-state index is 0.0914. The van der Waals surface area contributed by atoms with Crippen molar-refractivity contribution in [1.82, 2.24) is 10.6 Å². The number of esters is 1. The van der Waals surface area contributed by atoms with E-state index in [1.165, 1.54) is 44.9 Å². The van der Waals surface area contributed by atoms with Gasteiger partial charge in [-0.2, -0.15) is 0 Å². The van der Waals surface area contributed by atoms with Crippen LogP contribution in [-0.2, 0) is 29.2 Å². The molecule has 1 atom stereocenters. The molecule has 0 aliphatic heterocycles. The molecule has 0 saturated carbocycles. The van der Waals surface area contributed by atoms with Crippen LogP contribution in [0.3, 0.4) is 0 Å². The highest BCUT2D eigenvalue weighted by atomic mass is 32.2. The normalized spacial score (nSPS) is 12.5. The van der Waals surface area contributed by atoms with Crippen LogP contribution in [0.4, 0.5) is 0 Å². The van der Waals surface area contributed by atoms with Crippen molar-refractivity contribution in [2.45, 2.75) is 168 Å². The molecule has 0 aliphatic carbocycles. The Morgan fingerprint density at radius 2 is 1.15 bits per heavy atom. The number of hydrogen-bond donors (Lipinski definition) is 2. The van der Waals surface area contributed by atoms with Gasteiger partial charge in [0, 0.05) is 31.6 Å². The summed E-state index contributed by atoms with van der Waals surface area (Å²) >= 11 is 0. The van der Waals surface area contributed by atoms with Crippen molar-refractivity contribution in [3.8, 4) is 0 Å². The van der Waals surface area contributed by atoms with E-state index in [0.29, 0.717) is 45.2 Å². The molecule has 0 aromatic carbocycles. The van der Waals surface area contributed by atoms with Crippen molar-refractivity contribution in [2.24, 2.45) is 0 Å². The molecule has 1 unspecified atom stereocenters. The number of rotatable bonds is 33. The fourth-order valence-corrected chi connectivity index (χ4v) is 6.29. The van der Waals surface area contributed by atoms with Gasteiger partial charge in [0.1, 0.15) is 6.04 Å². The summed E-state index contributed by atoms with van der Waals surface area (Å²) in [5, 5.41) is 5.85. The number of nitrogens with zero attached hydrogens (tertiary/aromatic N) is 1. The fourth-order valence-electron chi connectivity index (χ4n) is 5.81. The molecule has 0 heterocycles. The summed E-state index contributed by atoms with van der Waals surface area (Å²) in [5.41, 5.74) is 0. The molecule has 278 valence electrons. The van der Waals surface area contributed by atoms with Gasteiger partial charge in [0.05, 0.1) is 43.9 Å². The predicted molar refractivity (Wildman–Crippen MR) is 190 cm³/mol. The Hall–Kier alpha value is -1.72. The van der Waals surface area contributed by atoms with E-state index in [1.54, 1.807) is 6.92 Å². The van der Waals surface area contributed by atoms with Crippen LogP contribution < -0.4 is 10.6 Å². The van der Waals surface area contributed by atoms with Gasteiger partial charge in [-0.15, -0.1) is 0 Å². The number of unbranched alkanes of at least 4 members (excludes halogenated alkanes) is 16. The Kier molecular flexibility index (Phi) is 28.1. The molecule has 0 fully saturated rings. The van der Waals surface area contributed by atoms with Crippen LogP contribution in [0.25, 0.3) is 0 Å². The number of nitrogens with one attached hydrogen (secondary N) is 2. The van der Waals surface area contributed by atoms with Crippen molar-refractivity contribution in [1.29, 1.82) is 0 Å². The Labute approximate surface area is 288 Å². The minimum Gasteiger partial charge on any atom is -0.748 e. The Morgan fingerprint density at radius 3 is 1.68 bits per heavy atom. The minimum atomic E-state index is -4.13. The zero-order valence-electron chi connectivity index (χ0n) is 30.6. The number of carbonyl (C=O) groups excluding carboxylic acids is 3. The van der Waals surface area contributed by atoms with Crippen LogP contribution >= 0.6 is 0 Å². The summed E-state index contributed by atoms with van der Waals surface area (Å²) < 4.78 is 38.3. The highest BCUT2D eigenvalue weighted by Gasteiger charge is 2.21. The third-order valence-corrected chi connectivity index (χ3v) is 9.52. The molecule has 0 aromatic heterocycles. The topological polar surface area (TPSA) is 142 Å². The third-order valence-electron chi connectivity index (χ3n) is 8.73. The number of carbonyl (C=O) groups is 3. The van der Waals surface area contributed by atoms with Crippen LogP contribution in [0.5, 0.6) is 0 Å². The van der Waals surface area contributed by atoms with Crippen LogP contribution in [0.2, 0.25) is 0 Å². The summed E-state index contributed by atoms with van der Waals surface area (Å²) in [6.45, 7) is 6.50.